The van der Waals surface area contributed by atoms with E-state index in [1.165, 1.54) is 12.1 Å². The SMILES string of the molecule is Cc1ccc(OC(C)C(=O)Nc2ccc(S(=O)(=O)NC(C)C)cc2)cc1. The van der Waals surface area contributed by atoms with Gasteiger partial charge in [0.2, 0.25) is 10.0 Å². The molecule has 140 valence electrons. The number of hydrogen-bond acceptors (Lipinski definition) is 4. The minimum Gasteiger partial charge on any atom is -0.481 e. The highest BCUT2D eigenvalue weighted by Crippen LogP contribution is 2.16. The van der Waals surface area contributed by atoms with Crippen LogP contribution in [0, 0.1) is 6.92 Å². The Balaban J connectivity index is 1.99. The molecule has 0 heterocycles. The number of amides is 1. The molecular formula is C19H24N2O4S. The molecule has 0 aliphatic heterocycles. The summed E-state index contributed by atoms with van der Waals surface area (Å²) in [6.07, 6.45) is -0.691. The van der Waals surface area contributed by atoms with E-state index in [9.17, 15) is 13.2 Å². The maximum atomic E-state index is 12.2. The molecule has 0 fully saturated rings. The third kappa shape index (κ3) is 5.57. The van der Waals surface area contributed by atoms with Crippen molar-refractivity contribution in [2.75, 3.05) is 5.32 Å². The zero-order chi connectivity index (χ0) is 19.3. The summed E-state index contributed by atoms with van der Waals surface area (Å²) in [6, 6.07) is 13.2. The monoisotopic (exact) mass is 376 g/mol. The van der Waals surface area contributed by atoms with Crippen molar-refractivity contribution in [3.8, 4) is 5.75 Å². The molecule has 7 heteroatoms. The van der Waals surface area contributed by atoms with E-state index in [2.05, 4.69) is 10.0 Å². The van der Waals surface area contributed by atoms with E-state index >= 15 is 0 Å². The van der Waals surface area contributed by atoms with Gasteiger partial charge >= 0.3 is 0 Å². The van der Waals surface area contributed by atoms with Crippen LogP contribution in [0.25, 0.3) is 0 Å². The summed E-state index contributed by atoms with van der Waals surface area (Å²) >= 11 is 0. The van der Waals surface area contributed by atoms with Crippen LogP contribution in [0.3, 0.4) is 0 Å². The van der Waals surface area contributed by atoms with Gasteiger partial charge in [0.05, 0.1) is 4.90 Å². The molecule has 1 unspecified atom stereocenters. The maximum absolute atomic E-state index is 12.2. The van der Waals surface area contributed by atoms with Crippen molar-refractivity contribution in [2.24, 2.45) is 0 Å². The number of benzene rings is 2. The zero-order valence-electron chi connectivity index (χ0n) is 15.3. The topological polar surface area (TPSA) is 84.5 Å². The summed E-state index contributed by atoms with van der Waals surface area (Å²) in [5.74, 6) is 0.293. The van der Waals surface area contributed by atoms with Crippen LogP contribution in [0.4, 0.5) is 5.69 Å². The van der Waals surface area contributed by atoms with E-state index in [1.807, 2.05) is 19.1 Å². The molecule has 2 aromatic rings. The summed E-state index contributed by atoms with van der Waals surface area (Å²) in [5, 5.41) is 2.71. The second-order valence-electron chi connectivity index (χ2n) is 6.36. The second-order valence-corrected chi connectivity index (χ2v) is 8.08. The van der Waals surface area contributed by atoms with Gasteiger partial charge in [-0.25, -0.2) is 13.1 Å². The highest BCUT2D eigenvalue weighted by atomic mass is 32.2. The molecule has 6 nitrogen and oxygen atoms in total. The molecule has 0 aromatic heterocycles. The largest absolute Gasteiger partial charge is 0.481 e. The van der Waals surface area contributed by atoms with Gasteiger partial charge in [-0.1, -0.05) is 17.7 Å². The Kier molecular flexibility index (Phi) is 6.39. The lowest BCUT2D eigenvalue weighted by molar-refractivity contribution is -0.122. The summed E-state index contributed by atoms with van der Waals surface area (Å²) in [4.78, 5) is 12.4. The molecule has 1 amide bonds. The molecule has 2 N–H and O–H groups in total. The molecule has 0 aliphatic rings. The van der Waals surface area contributed by atoms with E-state index in [-0.39, 0.29) is 16.8 Å². The fourth-order valence-corrected chi connectivity index (χ4v) is 3.47. The smallest absolute Gasteiger partial charge is 0.265 e. The standard InChI is InChI=1S/C19H24N2O4S/c1-13(2)21-26(23,24)18-11-7-16(8-12-18)20-19(22)15(4)25-17-9-5-14(3)6-10-17/h5-13,15,21H,1-4H3,(H,20,22). The Hall–Kier alpha value is -2.38. The van der Waals surface area contributed by atoms with Gasteiger partial charge in [-0.15, -0.1) is 0 Å². The lowest BCUT2D eigenvalue weighted by Crippen LogP contribution is -2.31. The second kappa shape index (κ2) is 8.33. The molecule has 2 rings (SSSR count). The zero-order valence-corrected chi connectivity index (χ0v) is 16.1. The number of aryl methyl sites for hydroxylation is 1. The van der Waals surface area contributed by atoms with E-state index in [0.29, 0.717) is 11.4 Å². The van der Waals surface area contributed by atoms with E-state index in [4.69, 9.17) is 4.74 Å². The van der Waals surface area contributed by atoms with Crippen LogP contribution >= 0.6 is 0 Å². The average Bonchev–Trinajstić information content (AvgIpc) is 2.56. The first-order valence-corrected chi connectivity index (χ1v) is 9.82. The molecule has 0 aliphatic carbocycles. The first-order chi connectivity index (χ1) is 12.2. The van der Waals surface area contributed by atoms with Gasteiger partial charge in [0.1, 0.15) is 5.75 Å². The third-order valence-corrected chi connectivity index (χ3v) is 5.20. The number of ether oxygens (including phenoxy) is 1. The molecule has 0 saturated carbocycles. The van der Waals surface area contributed by atoms with Crippen LogP contribution in [0.2, 0.25) is 0 Å². The van der Waals surface area contributed by atoms with Crippen molar-refractivity contribution >= 4 is 21.6 Å². The van der Waals surface area contributed by atoms with E-state index in [0.717, 1.165) is 5.56 Å². The molecule has 2 aromatic carbocycles. The Morgan fingerprint density at radius 2 is 1.54 bits per heavy atom. The van der Waals surface area contributed by atoms with Crippen LogP contribution in [0.1, 0.15) is 26.3 Å². The number of rotatable bonds is 7. The highest BCUT2D eigenvalue weighted by molar-refractivity contribution is 7.89. The first-order valence-electron chi connectivity index (χ1n) is 8.34. The summed E-state index contributed by atoms with van der Waals surface area (Å²) in [5.41, 5.74) is 1.61. The van der Waals surface area contributed by atoms with Crippen LogP contribution in [-0.2, 0) is 14.8 Å². The van der Waals surface area contributed by atoms with Crippen LogP contribution in [0.5, 0.6) is 5.75 Å². The Morgan fingerprint density at radius 1 is 0.962 bits per heavy atom. The van der Waals surface area contributed by atoms with Crippen molar-refractivity contribution in [1.82, 2.24) is 4.72 Å². The Morgan fingerprint density at radius 3 is 2.08 bits per heavy atom. The van der Waals surface area contributed by atoms with Crippen LogP contribution in [-0.4, -0.2) is 26.5 Å². The number of carbonyl (C=O) groups excluding carboxylic acids is 1. The first kappa shape index (κ1) is 19.9. The van der Waals surface area contributed by atoms with Crippen LogP contribution in [0.15, 0.2) is 53.4 Å². The average molecular weight is 376 g/mol. The molecule has 0 radical (unpaired) electrons. The molecular weight excluding hydrogens is 352 g/mol. The van der Waals surface area contributed by atoms with Gasteiger partial charge in [-0.3, -0.25) is 4.79 Å². The van der Waals surface area contributed by atoms with Crippen molar-refractivity contribution in [1.29, 1.82) is 0 Å². The van der Waals surface area contributed by atoms with Gasteiger partial charge in [0, 0.05) is 11.7 Å². The van der Waals surface area contributed by atoms with Gasteiger partial charge in [0.15, 0.2) is 6.10 Å². The minimum atomic E-state index is -3.55. The summed E-state index contributed by atoms with van der Waals surface area (Å²) < 4.78 is 32.3. The summed E-state index contributed by atoms with van der Waals surface area (Å²) in [6.45, 7) is 7.13. The molecule has 0 bridgehead atoms. The maximum Gasteiger partial charge on any atom is 0.265 e. The fraction of sp³-hybridized carbons (Fsp3) is 0.316. The lowest BCUT2D eigenvalue weighted by Gasteiger charge is -2.15. The van der Waals surface area contributed by atoms with Crippen molar-refractivity contribution in [3.05, 3.63) is 54.1 Å². The van der Waals surface area contributed by atoms with Crippen molar-refractivity contribution in [3.63, 3.8) is 0 Å². The van der Waals surface area contributed by atoms with E-state index in [1.54, 1.807) is 45.0 Å². The number of anilines is 1. The lowest BCUT2D eigenvalue weighted by atomic mass is 10.2. The predicted molar refractivity (Wildman–Crippen MR) is 102 cm³/mol. The fourth-order valence-electron chi connectivity index (χ4n) is 2.21. The predicted octanol–water partition coefficient (Wildman–Crippen LogP) is 3.09. The molecule has 26 heavy (non-hydrogen) atoms. The normalized spacial score (nSPS) is 12.7. The van der Waals surface area contributed by atoms with Gasteiger partial charge < -0.3 is 10.1 Å². The highest BCUT2D eigenvalue weighted by Gasteiger charge is 2.17. The number of sulfonamides is 1. The molecule has 0 saturated heterocycles. The van der Waals surface area contributed by atoms with Gasteiger partial charge in [-0.2, -0.15) is 0 Å². The minimum absolute atomic E-state index is 0.146. The Bertz CT molecular complexity index is 844. The Labute approximate surface area is 154 Å². The van der Waals surface area contributed by atoms with Crippen molar-refractivity contribution in [2.45, 2.75) is 44.7 Å². The molecule has 0 spiro atoms. The quantitative estimate of drug-likeness (QED) is 0.778. The van der Waals surface area contributed by atoms with Gasteiger partial charge in [0.25, 0.3) is 5.91 Å². The van der Waals surface area contributed by atoms with E-state index < -0.39 is 16.1 Å². The summed E-state index contributed by atoms with van der Waals surface area (Å²) in [7, 11) is -3.55. The number of nitrogens with one attached hydrogen (secondary N) is 2. The van der Waals surface area contributed by atoms with Gasteiger partial charge in [-0.05, 0) is 64.1 Å². The molecule has 1 atom stereocenters. The van der Waals surface area contributed by atoms with Crippen molar-refractivity contribution < 1.29 is 17.9 Å². The number of carbonyl (C=O) groups is 1. The third-order valence-electron chi connectivity index (χ3n) is 3.53. The van der Waals surface area contributed by atoms with Crippen LogP contribution < -0.4 is 14.8 Å². The number of hydrogen-bond donors (Lipinski definition) is 2.